The van der Waals surface area contributed by atoms with Crippen molar-refractivity contribution in [3.63, 3.8) is 0 Å². The van der Waals surface area contributed by atoms with Crippen molar-refractivity contribution in [1.29, 1.82) is 0 Å². The summed E-state index contributed by atoms with van der Waals surface area (Å²) in [5, 5.41) is 7.45. The largest absolute Gasteiger partial charge is 0.497 e. The van der Waals surface area contributed by atoms with E-state index in [0.29, 0.717) is 17.5 Å². The van der Waals surface area contributed by atoms with Gasteiger partial charge in [0.1, 0.15) is 11.6 Å². The van der Waals surface area contributed by atoms with E-state index in [4.69, 9.17) is 10.5 Å². The molecule has 4 N–H and O–H groups in total. The zero-order chi connectivity index (χ0) is 18.6. The van der Waals surface area contributed by atoms with Crippen LogP contribution in [0.5, 0.6) is 5.75 Å². The molecule has 0 amide bonds. The minimum absolute atomic E-state index is 0.485. The number of nitrogens with one attached hydrogen (secondary N) is 2. The maximum atomic E-state index is 5.97. The third kappa shape index (κ3) is 3.74. The molecule has 0 atom stereocenters. The normalized spacial score (nSPS) is 10.6. The van der Waals surface area contributed by atoms with Crippen molar-refractivity contribution < 1.29 is 4.74 Å². The van der Waals surface area contributed by atoms with Gasteiger partial charge in [0, 0.05) is 28.5 Å². The van der Waals surface area contributed by atoms with E-state index in [1.165, 1.54) is 0 Å². The molecule has 6 heteroatoms. The van der Waals surface area contributed by atoms with Gasteiger partial charge in [-0.25, -0.2) is 4.98 Å². The molecule has 4 aromatic rings. The number of para-hydroxylation sites is 1. The quantitative estimate of drug-likeness (QED) is 0.449. The topological polar surface area (TPSA) is 85.1 Å². The lowest BCUT2D eigenvalue weighted by Gasteiger charge is -2.13. The molecule has 0 saturated carbocycles. The summed E-state index contributed by atoms with van der Waals surface area (Å²) in [6.07, 6.45) is 0. The Morgan fingerprint density at radius 2 is 1.63 bits per heavy atom. The highest BCUT2D eigenvalue weighted by Gasteiger charge is 2.09. The molecule has 4 rings (SSSR count). The van der Waals surface area contributed by atoms with E-state index in [9.17, 15) is 0 Å². The Kier molecular flexibility index (Phi) is 4.45. The number of aromatic nitrogens is 2. The molecule has 1 heterocycles. The van der Waals surface area contributed by atoms with Gasteiger partial charge in [-0.15, -0.1) is 0 Å². The minimum Gasteiger partial charge on any atom is -0.497 e. The minimum atomic E-state index is 0.485. The summed E-state index contributed by atoms with van der Waals surface area (Å²) in [5.41, 5.74) is 9.20. The van der Waals surface area contributed by atoms with Crippen LogP contribution in [0.1, 0.15) is 0 Å². The van der Waals surface area contributed by atoms with Gasteiger partial charge in [0.15, 0.2) is 0 Å². The standard InChI is InChI=1S/C21H19N5O/c1-27-17-9-5-8-16(13-17)24-21-25-19-11-10-14(22)12-18(19)20(26-21)23-15-6-3-2-4-7-15/h2-13H,22H2,1H3,(H2,23,24,25,26). The lowest BCUT2D eigenvalue weighted by molar-refractivity contribution is 0.415. The molecule has 0 aliphatic carbocycles. The fraction of sp³-hybridized carbons (Fsp3) is 0.0476. The molecule has 0 aliphatic rings. The van der Waals surface area contributed by atoms with E-state index >= 15 is 0 Å². The van der Waals surface area contributed by atoms with Gasteiger partial charge in [0.25, 0.3) is 0 Å². The van der Waals surface area contributed by atoms with E-state index in [1.54, 1.807) is 7.11 Å². The van der Waals surface area contributed by atoms with Gasteiger partial charge in [-0.3, -0.25) is 0 Å². The summed E-state index contributed by atoms with van der Waals surface area (Å²) >= 11 is 0. The van der Waals surface area contributed by atoms with Gasteiger partial charge in [0.2, 0.25) is 5.95 Å². The van der Waals surface area contributed by atoms with E-state index in [-0.39, 0.29) is 0 Å². The molecule has 1 aromatic heterocycles. The molecular weight excluding hydrogens is 338 g/mol. The number of hydrogen-bond acceptors (Lipinski definition) is 6. The van der Waals surface area contributed by atoms with Gasteiger partial charge in [-0.05, 0) is 42.5 Å². The number of anilines is 5. The van der Waals surface area contributed by atoms with Gasteiger partial charge < -0.3 is 21.1 Å². The Hall–Kier alpha value is -3.80. The fourth-order valence-electron chi connectivity index (χ4n) is 2.79. The zero-order valence-corrected chi connectivity index (χ0v) is 14.8. The molecular formula is C21H19N5O. The number of nitrogens with two attached hydrogens (primary N) is 1. The highest BCUT2D eigenvalue weighted by Crippen LogP contribution is 2.28. The van der Waals surface area contributed by atoms with Crippen LogP contribution < -0.4 is 21.1 Å². The molecule has 0 fully saturated rings. The maximum absolute atomic E-state index is 5.97. The Labute approximate surface area is 157 Å². The first-order valence-electron chi connectivity index (χ1n) is 8.52. The molecule has 0 saturated heterocycles. The smallest absolute Gasteiger partial charge is 0.229 e. The number of nitrogen functional groups attached to an aromatic ring is 1. The second kappa shape index (κ2) is 7.21. The summed E-state index contributed by atoms with van der Waals surface area (Å²) in [6, 6.07) is 23.1. The SMILES string of the molecule is COc1cccc(Nc2nc(Nc3ccccc3)c3cc(N)ccc3n2)c1. The van der Waals surface area contributed by atoms with Crippen molar-refractivity contribution in [2.45, 2.75) is 0 Å². The van der Waals surface area contributed by atoms with Crippen LogP contribution in [-0.2, 0) is 0 Å². The summed E-state index contributed by atoms with van der Waals surface area (Å²) in [5.74, 6) is 1.93. The Morgan fingerprint density at radius 3 is 2.44 bits per heavy atom. The van der Waals surface area contributed by atoms with Crippen molar-refractivity contribution >= 4 is 39.7 Å². The molecule has 134 valence electrons. The second-order valence-electron chi connectivity index (χ2n) is 6.02. The molecule has 3 aromatic carbocycles. The molecule has 0 radical (unpaired) electrons. The van der Waals surface area contributed by atoms with Gasteiger partial charge in [0.05, 0.1) is 12.6 Å². The fourth-order valence-corrected chi connectivity index (χ4v) is 2.79. The lowest BCUT2D eigenvalue weighted by Crippen LogP contribution is -2.03. The summed E-state index contributed by atoms with van der Waals surface area (Å²) in [6.45, 7) is 0. The summed E-state index contributed by atoms with van der Waals surface area (Å²) in [4.78, 5) is 9.27. The number of ether oxygens (including phenoxy) is 1. The zero-order valence-electron chi connectivity index (χ0n) is 14.8. The number of methoxy groups -OCH3 is 1. The van der Waals surface area contributed by atoms with Crippen LogP contribution in [0.15, 0.2) is 72.8 Å². The number of fused-ring (bicyclic) bond motifs is 1. The van der Waals surface area contributed by atoms with Crippen molar-refractivity contribution in [3.8, 4) is 5.75 Å². The maximum Gasteiger partial charge on any atom is 0.229 e. The van der Waals surface area contributed by atoms with Gasteiger partial charge in [-0.2, -0.15) is 4.98 Å². The van der Waals surface area contributed by atoms with Gasteiger partial charge >= 0.3 is 0 Å². The molecule has 0 aliphatic heterocycles. The number of hydrogen-bond donors (Lipinski definition) is 3. The first-order chi connectivity index (χ1) is 13.2. The first kappa shape index (κ1) is 16.7. The third-order valence-electron chi connectivity index (χ3n) is 4.08. The highest BCUT2D eigenvalue weighted by atomic mass is 16.5. The molecule has 0 bridgehead atoms. The highest BCUT2D eigenvalue weighted by molar-refractivity contribution is 5.94. The van der Waals surface area contributed by atoms with Crippen LogP contribution in [0, 0.1) is 0 Å². The van der Waals surface area contributed by atoms with Crippen molar-refractivity contribution in [1.82, 2.24) is 9.97 Å². The summed E-state index contributed by atoms with van der Waals surface area (Å²) < 4.78 is 5.27. The van der Waals surface area contributed by atoms with Crippen LogP contribution in [0.4, 0.5) is 28.8 Å². The lowest BCUT2D eigenvalue weighted by atomic mass is 10.2. The van der Waals surface area contributed by atoms with Crippen molar-refractivity contribution in [2.75, 3.05) is 23.5 Å². The van der Waals surface area contributed by atoms with Crippen LogP contribution in [0.2, 0.25) is 0 Å². The van der Waals surface area contributed by atoms with E-state index in [1.807, 2.05) is 72.8 Å². The number of rotatable bonds is 5. The predicted octanol–water partition coefficient (Wildman–Crippen LogP) is 4.71. The second-order valence-corrected chi connectivity index (χ2v) is 6.02. The van der Waals surface area contributed by atoms with Crippen molar-refractivity contribution in [3.05, 3.63) is 72.8 Å². The average Bonchev–Trinajstić information content (AvgIpc) is 2.69. The molecule has 0 unspecified atom stereocenters. The van der Waals surface area contributed by atoms with E-state index in [0.717, 1.165) is 28.0 Å². The van der Waals surface area contributed by atoms with E-state index < -0.39 is 0 Å². The van der Waals surface area contributed by atoms with Crippen LogP contribution in [-0.4, -0.2) is 17.1 Å². The van der Waals surface area contributed by atoms with Gasteiger partial charge in [-0.1, -0.05) is 24.3 Å². The molecule has 0 spiro atoms. The Bertz CT molecular complexity index is 1080. The Balaban J connectivity index is 1.76. The first-order valence-corrected chi connectivity index (χ1v) is 8.52. The number of benzene rings is 3. The van der Waals surface area contributed by atoms with Crippen LogP contribution >= 0.6 is 0 Å². The monoisotopic (exact) mass is 357 g/mol. The third-order valence-corrected chi connectivity index (χ3v) is 4.08. The van der Waals surface area contributed by atoms with Crippen LogP contribution in [0.25, 0.3) is 10.9 Å². The summed E-state index contributed by atoms with van der Waals surface area (Å²) in [7, 11) is 1.64. The predicted molar refractivity (Wildman–Crippen MR) is 110 cm³/mol. The van der Waals surface area contributed by atoms with Crippen molar-refractivity contribution in [2.24, 2.45) is 0 Å². The number of nitrogens with zero attached hydrogens (tertiary/aromatic N) is 2. The molecule has 6 nitrogen and oxygen atoms in total. The molecule has 27 heavy (non-hydrogen) atoms. The van der Waals surface area contributed by atoms with Crippen LogP contribution in [0.3, 0.4) is 0 Å². The van der Waals surface area contributed by atoms with E-state index in [2.05, 4.69) is 20.6 Å². The Morgan fingerprint density at radius 1 is 0.815 bits per heavy atom. The average molecular weight is 357 g/mol.